The smallest absolute Gasteiger partial charge is 0.244 e. The van der Waals surface area contributed by atoms with Gasteiger partial charge in [0.25, 0.3) is 0 Å². The molecule has 19 heavy (non-hydrogen) atoms. The number of rotatable bonds is 8. The average Bonchev–Trinajstić information content (AvgIpc) is 2.58. The van der Waals surface area contributed by atoms with Crippen molar-refractivity contribution in [2.45, 2.75) is 24.7 Å². The van der Waals surface area contributed by atoms with Crippen LogP contribution in [0.2, 0.25) is 8.67 Å². The third kappa shape index (κ3) is 5.15. The molecule has 9 heteroatoms. The van der Waals surface area contributed by atoms with Crippen LogP contribution >= 0.6 is 50.5 Å². The molecule has 0 fully saturated rings. The molecule has 0 amide bonds. The molecule has 0 aliphatic carbocycles. The zero-order chi connectivity index (χ0) is 14.5. The van der Waals surface area contributed by atoms with E-state index in [9.17, 15) is 8.42 Å². The predicted octanol–water partition coefficient (Wildman–Crippen LogP) is 3.91. The summed E-state index contributed by atoms with van der Waals surface area (Å²) in [6, 6.07) is 0. The van der Waals surface area contributed by atoms with E-state index >= 15 is 0 Å². The molecule has 0 radical (unpaired) electrons. The molecule has 1 heterocycles. The van der Waals surface area contributed by atoms with Gasteiger partial charge in [-0.1, -0.05) is 30.1 Å². The quantitative estimate of drug-likeness (QED) is 0.661. The Morgan fingerprint density at radius 2 is 2.00 bits per heavy atom. The highest BCUT2D eigenvalue weighted by Gasteiger charge is 2.25. The molecule has 0 saturated carbocycles. The van der Waals surface area contributed by atoms with E-state index in [2.05, 4.69) is 20.7 Å². The number of sulfonamides is 1. The van der Waals surface area contributed by atoms with Crippen molar-refractivity contribution in [3.8, 4) is 0 Å². The topological polar surface area (TPSA) is 55.4 Å². The number of hydrogen-bond donors (Lipinski definition) is 1. The van der Waals surface area contributed by atoms with E-state index < -0.39 is 10.0 Å². The Hall–Kier alpha value is 0.630. The molecule has 1 aromatic rings. The zero-order valence-corrected chi connectivity index (χ0v) is 14.9. The third-order valence-electron chi connectivity index (χ3n) is 2.10. The Morgan fingerprint density at radius 1 is 1.32 bits per heavy atom. The molecule has 0 unspecified atom stereocenters. The Morgan fingerprint density at radius 3 is 2.53 bits per heavy atom. The minimum absolute atomic E-state index is 0.00126. The van der Waals surface area contributed by atoms with Gasteiger partial charge in [-0.25, -0.2) is 13.1 Å². The Bertz CT molecular complexity index is 519. The molecular weight excluding hydrogens is 397 g/mol. The molecule has 0 aliphatic heterocycles. The largest absolute Gasteiger partial charge is 0.381 e. The van der Waals surface area contributed by atoms with Gasteiger partial charge in [-0.3, -0.25) is 0 Å². The molecular formula is C10H14BrCl2NO3S2. The minimum Gasteiger partial charge on any atom is -0.381 e. The monoisotopic (exact) mass is 409 g/mol. The average molecular weight is 411 g/mol. The first-order valence-electron chi connectivity index (χ1n) is 5.60. The van der Waals surface area contributed by atoms with E-state index in [1.54, 1.807) is 0 Å². The second-order valence-corrected chi connectivity index (χ2v) is 8.38. The lowest BCUT2D eigenvalue weighted by Crippen LogP contribution is -2.25. The fraction of sp³-hybridized carbons (Fsp3) is 0.600. The van der Waals surface area contributed by atoms with Crippen LogP contribution in [0.3, 0.4) is 0 Å². The number of thiophene rings is 1. The first-order chi connectivity index (χ1) is 8.90. The summed E-state index contributed by atoms with van der Waals surface area (Å²) in [6.07, 6.45) is 1.55. The van der Waals surface area contributed by atoms with Gasteiger partial charge >= 0.3 is 0 Å². The SMILES string of the molecule is CCCOCCCNS(=O)(=O)c1c(Cl)sc(Cl)c1Br. The van der Waals surface area contributed by atoms with Crippen molar-refractivity contribution < 1.29 is 13.2 Å². The summed E-state index contributed by atoms with van der Waals surface area (Å²) in [7, 11) is -3.65. The summed E-state index contributed by atoms with van der Waals surface area (Å²) < 4.78 is 32.6. The minimum atomic E-state index is -3.65. The van der Waals surface area contributed by atoms with Gasteiger partial charge in [-0.2, -0.15) is 0 Å². The molecule has 0 spiro atoms. The van der Waals surface area contributed by atoms with Gasteiger partial charge in [0.2, 0.25) is 10.0 Å². The lowest BCUT2D eigenvalue weighted by atomic mass is 10.4. The standard InChI is InChI=1S/C10H14BrCl2NO3S2/c1-2-5-17-6-3-4-14-19(15,16)8-7(11)9(12)18-10(8)13/h14H,2-6H2,1H3. The molecule has 0 bridgehead atoms. The Kier molecular flexibility index (Phi) is 7.60. The molecule has 0 atom stereocenters. The normalized spacial score (nSPS) is 12.0. The first kappa shape index (κ1) is 17.7. The fourth-order valence-electron chi connectivity index (χ4n) is 1.27. The van der Waals surface area contributed by atoms with Gasteiger partial charge in [0.05, 0.1) is 4.47 Å². The summed E-state index contributed by atoms with van der Waals surface area (Å²) in [5.41, 5.74) is 0. The summed E-state index contributed by atoms with van der Waals surface area (Å²) in [5, 5.41) is 0. The number of hydrogen-bond acceptors (Lipinski definition) is 4. The number of nitrogens with one attached hydrogen (secondary N) is 1. The van der Waals surface area contributed by atoms with Crippen molar-refractivity contribution in [2.24, 2.45) is 0 Å². The van der Waals surface area contributed by atoms with Crippen LogP contribution in [0.5, 0.6) is 0 Å². The summed E-state index contributed by atoms with van der Waals surface area (Å²) in [5.74, 6) is 0. The van der Waals surface area contributed by atoms with Gasteiger partial charge < -0.3 is 4.74 Å². The van der Waals surface area contributed by atoms with Crippen molar-refractivity contribution in [1.82, 2.24) is 4.72 Å². The lowest BCUT2D eigenvalue weighted by Gasteiger charge is -2.07. The highest BCUT2D eigenvalue weighted by molar-refractivity contribution is 9.10. The first-order valence-corrected chi connectivity index (χ1v) is 9.45. The third-order valence-corrected chi connectivity index (χ3v) is 7.03. The van der Waals surface area contributed by atoms with Gasteiger partial charge in [0.1, 0.15) is 13.6 Å². The van der Waals surface area contributed by atoms with Crippen LogP contribution in [0.15, 0.2) is 9.37 Å². The molecule has 4 nitrogen and oxygen atoms in total. The second-order valence-electron chi connectivity index (χ2n) is 3.66. The highest BCUT2D eigenvalue weighted by atomic mass is 79.9. The molecule has 110 valence electrons. The summed E-state index contributed by atoms with van der Waals surface area (Å²) >= 11 is 15.9. The molecule has 0 saturated heterocycles. The van der Waals surface area contributed by atoms with Crippen molar-refractivity contribution >= 4 is 60.5 Å². The van der Waals surface area contributed by atoms with E-state index in [1.807, 2.05) is 6.92 Å². The second kappa shape index (κ2) is 8.17. The van der Waals surface area contributed by atoms with Crippen molar-refractivity contribution in [3.05, 3.63) is 13.1 Å². The fourth-order valence-corrected chi connectivity index (χ4v) is 5.89. The van der Waals surface area contributed by atoms with E-state index in [0.717, 1.165) is 17.8 Å². The van der Waals surface area contributed by atoms with Gasteiger partial charge in [-0.15, -0.1) is 11.3 Å². The number of halogens is 3. The maximum atomic E-state index is 12.1. The van der Waals surface area contributed by atoms with Crippen molar-refractivity contribution in [2.75, 3.05) is 19.8 Å². The Labute approximate surface area is 135 Å². The number of ether oxygens (including phenoxy) is 1. The molecule has 1 aromatic heterocycles. The van der Waals surface area contributed by atoms with Crippen LogP contribution < -0.4 is 4.72 Å². The maximum absolute atomic E-state index is 12.1. The van der Waals surface area contributed by atoms with E-state index in [-0.39, 0.29) is 9.23 Å². The van der Waals surface area contributed by atoms with E-state index in [1.165, 1.54) is 0 Å². The van der Waals surface area contributed by atoms with Crippen LogP contribution in [0, 0.1) is 0 Å². The maximum Gasteiger partial charge on any atom is 0.244 e. The van der Waals surface area contributed by atoms with Gasteiger partial charge in [0, 0.05) is 19.8 Å². The van der Waals surface area contributed by atoms with Gasteiger partial charge in [0.15, 0.2) is 0 Å². The summed E-state index contributed by atoms with van der Waals surface area (Å²) in [6.45, 7) is 3.52. The van der Waals surface area contributed by atoms with Gasteiger partial charge in [-0.05, 0) is 28.8 Å². The molecule has 1 N–H and O–H groups in total. The van der Waals surface area contributed by atoms with Crippen LogP contribution in [0.4, 0.5) is 0 Å². The molecule has 0 aliphatic rings. The van der Waals surface area contributed by atoms with E-state index in [0.29, 0.717) is 35.0 Å². The zero-order valence-electron chi connectivity index (χ0n) is 10.2. The predicted molar refractivity (Wildman–Crippen MR) is 83.0 cm³/mol. The van der Waals surface area contributed by atoms with Crippen LogP contribution in [-0.2, 0) is 14.8 Å². The summed E-state index contributed by atoms with van der Waals surface area (Å²) in [4.78, 5) is -0.00126. The van der Waals surface area contributed by atoms with Crippen LogP contribution in [0.25, 0.3) is 0 Å². The Balaban J connectivity index is 2.57. The van der Waals surface area contributed by atoms with Crippen LogP contribution in [0.1, 0.15) is 19.8 Å². The van der Waals surface area contributed by atoms with Crippen LogP contribution in [-0.4, -0.2) is 28.2 Å². The van der Waals surface area contributed by atoms with Crippen molar-refractivity contribution in [3.63, 3.8) is 0 Å². The molecule has 1 rings (SSSR count). The van der Waals surface area contributed by atoms with E-state index in [4.69, 9.17) is 27.9 Å². The highest BCUT2D eigenvalue weighted by Crippen LogP contribution is 2.42. The van der Waals surface area contributed by atoms with Crippen molar-refractivity contribution in [1.29, 1.82) is 0 Å². The molecule has 0 aromatic carbocycles. The lowest BCUT2D eigenvalue weighted by molar-refractivity contribution is 0.133.